The lowest BCUT2D eigenvalue weighted by atomic mass is 9.90. The van der Waals surface area contributed by atoms with Crippen molar-refractivity contribution in [3.8, 4) is 0 Å². The van der Waals surface area contributed by atoms with Gasteiger partial charge in [-0.15, -0.1) is 0 Å². The summed E-state index contributed by atoms with van der Waals surface area (Å²) in [6.07, 6.45) is -4.38. The third kappa shape index (κ3) is 2.89. The van der Waals surface area contributed by atoms with Gasteiger partial charge in [-0.05, 0) is 0 Å². The number of carbonyl (C=O) groups is 1. The van der Waals surface area contributed by atoms with E-state index in [-0.39, 0.29) is 19.0 Å². The van der Waals surface area contributed by atoms with Gasteiger partial charge in [0.05, 0.1) is 12.0 Å². The van der Waals surface area contributed by atoms with E-state index in [4.69, 9.17) is 10.5 Å². The molecule has 0 radical (unpaired) electrons. The van der Waals surface area contributed by atoms with Crippen molar-refractivity contribution in [2.75, 3.05) is 13.1 Å². The highest BCUT2D eigenvalue weighted by molar-refractivity contribution is 5.72. The molecule has 94 valence electrons. The largest absolute Gasteiger partial charge is 0.390 e. The predicted molar refractivity (Wildman–Crippen MR) is 54.1 cm³/mol. The summed E-state index contributed by atoms with van der Waals surface area (Å²) in [4.78, 5) is 10.7. The number of nitrogens with two attached hydrogens (primary N) is 1. The number of amides is 1. The van der Waals surface area contributed by atoms with Gasteiger partial charge in [-0.2, -0.15) is 0 Å². The molecule has 0 bridgehead atoms. The Balaban J connectivity index is 2.60. The average molecular weight is 234 g/mol. The second-order valence-electron chi connectivity index (χ2n) is 3.88. The minimum Gasteiger partial charge on any atom is -0.390 e. The van der Waals surface area contributed by atoms with Crippen LogP contribution in [0.4, 0.5) is 0 Å². The van der Waals surface area contributed by atoms with E-state index in [1.807, 2.05) is 0 Å². The summed E-state index contributed by atoms with van der Waals surface area (Å²) in [7, 11) is 0. The van der Waals surface area contributed by atoms with Gasteiger partial charge >= 0.3 is 0 Å². The summed E-state index contributed by atoms with van der Waals surface area (Å²) < 4.78 is 5.03. The van der Waals surface area contributed by atoms with Gasteiger partial charge in [-0.1, -0.05) is 0 Å². The monoisotopic (exact) mass is 234 g/mol. The van der Waals surface area contributed by atoms with E-state index in [0.29, 0.717) is 0 Å². The van der Waals surface area contributed by atoms with Gasteiger partial charge in [-0.25, -0.2) is 0 Å². The number of rotatable bonds is 3. The number of ether oxygens (including phenoxy) is 1. The zero-order valence-electron chi connectivity index (χ0n) is 9.04. The highest BCUT2D eigenvalue weighted by Gasteiger charge is 2.42. The zero-order valence-corrected chi connectivity index (χ0v) is 9.04. The van der Waals surface area contributed by atoms with Gasteiger partial charge in [-0.3, -0.25) is 4.79 Å². The first kappa shape index (κ1) is 13.3. The second-order valence-corrected chi connectivity index (χ2v) is 3.88. The molecule has 1 saturated heterocycles. The molecule has 16 heavy (non-hydrogen) atoms. The average Bonchev–Trinajstić information content (AvgIpc) is 2.22. The normalized spacial score (nSPS) is 39.4. The molecule has 1 unspecified atom stereocenters. The summed E-state index contributed by atoms with van der Waals surface area (Å²) >= 11 is 0. The molecule has 1 fully saturated rings. The Labute approximate surface area is 93.2 Å². The molecule has 1 amide bonds. The van der Waals surface area contributed by atoms with Crippen molar-refractivity contribution in [1.82, 2.24) is 5.32 Å². The molecule has 0 aliphatic carbocycles. The Kier molecular flexibility index (Phi) is 4.63. The first-order chi connectivity index (χ1) is 7.47. The van der Waals surface area contributed by atoms with Crippen LogP contribution in [0, 0.1) is 5.92 Å². The number of aliphatic hydroxyl groups is 3. The molecular weight excluding hydrogens is 216 g/mol. The number of aliphatic hydroxyl groups excluding tert-OH is 3. The molecule has 7 heteroatoms. The van der Waals surface area contributed by atoms with Gasteiger partial charge in [0.1, 0.15) is 12.2 Å². The Bertz CT molecular complexity index is 250. The smallest absolute Gasteiger partial charge is 0.216 e. The lowest BCUT2D eigenvalue weighted by Crippen LogP contribution is -2.58. The van der Waals surface area contributed by atoms with Crippen LogP contribution in [0.5, 0.6) is 0 Å². The summed E-state index contributed by atoms with van der Waals surface area (Å²) in [5.74, 6) is -1.04. The van der Waals surface area contributed by atoms with Crippen LogP contribution in [0.25, 0.3) is 0 Å². The minimum absolute atomic E-state index is 0.00213. The van der Waals surface area contributed by atoms with Gasteiger partial charge in [0.15, 0.2) is 6.29 Å². The fourth-order valence-electron chi connectivity index (χ4n) is 1.68. The maximum atomic E-state index is 10.7. The van der Waals surface area contributed by atoms with Crippen LogP contribution in [-0.4, -0.2) is 58.9 Å². The van der Waals surface area contributed by atoms with Crippen molar-refractivity contribution in [2.24, 2.45) is 11.7 Å². The van der Waals surface area contributed by atoms with E-state index in [2.05, 4.69) is 5.32 Å². The molecule has 0 saturated carbocycles. The lowest BCUT2D eigenvalue weighted by molar-refractivity contribution is -0.259. The molecule has 1 aliphatic rings. The number of hydrogen-bond donors (Lipinski definition) is 5. The van der Waals surface area contributed by atoms with Crippen molar-refractivity contribution >= 4 is 5.91 Å². The molecule has 0 aromatic rings. The number of hydrogen-bond acceptors (Lipinski definition) is 6. The van der Waals surface area contributed by atoms with Crippen molar-refractivity contribution in [3.05, 3.63) is 0 Å². The van der Waals surface area contributed by atoms with Crippen molar-refractivity contribution < 1.29 is 24.9 Å². The van der Waals surface area contributed by atoms with Crippen LogP contribution < -0.4 is 11.1 Å². The van der Waals surface area contributed by atoms with Crippen LogP contribution in [0.3, 0.4) is 0 Å². The van der Waals surface area contributed by atoms with E-state index in [1.165, 1.54) is 6.92 Å². The first-order valence-corrected chi connectivity index (χ1v) is 5.11. The highest BCUT2D eigenvalue weighted by Crippen LogP contribution is 2.24. The Hall–Kier alpha value is -0.730. The van der Waals surface area contributed by atoms with Gasteiger partial charge in [0.25, 0.3) is 0 Å². The Morgan fingerprint density at radius 2 is 2.00 bits per heavy atom. The molecule has 0 aromatic heterocycles. The molecule has 0 aromatic carbocycles. The van der Waals surface area contributed by atoms with E-state index in [9.17, 15) is 20.1 Å². The Morgan fingerprint density at radius 1 is 1.38 bits per heavy atom. The molecule has 0 spiro atoms. The fourth-order valence-corrected chi connectivity index (χ4v) is 1.68. The summed E-state index contributed by atoms with van der Waals surface area (Å²) in [6, 6.07) is 0. The second kappa shape index (κ2) is 5.55. The van der Waals surface area contributed by atoms with Gasteiger partial charge < -0.3 is 31.1 Å². The SMILES string of the molecule is CC(=O)NC[C@H]1C(O)O[C@H](CN)[C@H](O)[C@@H]1O. The van der Waals surface area contributed by atoms with E-state index >= 15 is 0 Å². The maximum absolute atomic E-state index is 10.7. The standard InChI is InChI=1S/C9H18N2O5/c1-4(12)11-3-5-7(13)8(14)6(2-10)16-9(5)15/h5-9,13-15H,2-3,10H2,1H3,(H,11,12)/t5-,6-,7-,8+,9?/m1/s1. The van der Waals surface area contributed by atoms with Crippen LogP contribution >= 0.6 is 0 Å². The lowest BCUT2D eigenvalue weighted by Gasteiger charge is -2.40. The molecule has 1 heterocycles. The molecule has 6 N–H and O–H groups in total. The van der Waals surface area contributed by atoms with E-state index < -0.39 is 30.5 Å². The van der Waals surface area contributed by atoms with Crippen LogP contribution in [0.15, 0.2) is 0 Å². The number of nitrogens with one attached hydrogen (secondary N) is 1. The summed E-state index contributed by atoms with van der Waals surface area (Å²) in [5.41, 5.74) is 5.31. The van der Waals surface area contributed by atoms with Gasteiger partial charge in [0.2, 0.25) is 5.91 Å². The van der Waals surface area contributed by atoms with Gasteiger partial charge in [0, 0.05) is 20.0 Å². The summed E-state index contributed by atoms with van der Waals surface area (Å²) in [5, 5.41) is 31.4. The van der Waals surface area contributed by atoms with Crippen LogP contribution in [0.2, 0.25) is 0 Å². The van der Waals surface area contributed by atoms with Crippen LogP contribution in [0.1, 0.15) is 6.92 Å². The highest BCUT2D eigenvalue weighted by atomic mass is 16.6. The first-order valence-electron chi connectivity index (χ1n) is 5.11. The molecule has 1 rings (SSSR count). The van der Waals surface area contributed by atoms with Crippen LogP contribution in [-0.2, 0) is 9.53 Å². The number of carbonyl (C=O) groups excluding carboxylic acids is 1. The fraction of sp³-hybridized carbons (Fsp3) is 0.889. The summed E-state index contributed by atoms with van der Waals surface area (Å²) in [6.45, 7) is 1.36. The minimum atomic E-state index is -1.25. The van der Waals surface area contributed by atoms with Crippen molar-refractivity contribution in [2.45, 2.75) is 31.5 Å². The molecule has 7 nitrogen and oxygen atoms in total. The topological polar surface area (TPSA) is 125 Å². The molecule has 1 aliphatic heterocycles. The third-order valence-corrected chi connectivity index (χ3v) is 2.67. The quantitative estimate of drug-likeness (QED) is 0.357. The van der Waals surface area contributed by atoms with Crippen molar-refractivity contribution in [1.29, 1.82) is 0 Å². The molecular formula is C9H18N2O5. The third-order valence-electron chi connectivity index (χ3n) is 2.67. The predicted octanol–water partition coefficient (Wildman–Crippen LogP) is -2.86. The zero-order chi connectivity index (χ0) is 12.3. The van der Waals surface area contributed by atoms with E-state index in [0.717, 1.165) is 0 Å². The molecule has 5 atom stereocenters. The van der Waals surface area contributed by atoms with Crippen molar-refractivity contribution in [3.63, 3.8) is 0 Å². The Morgan fingerprint density at radius 3 is 2.50 bits per heavy atom. The maximum Gasteiger partial charge on any atom is 0.216 e. The van der Waals surface area contributed by atoms with E-state index in [1.54, 1.807) is 0 Å².